The summed E-state index contributed by atoms with van der Waals surface area (Å²) in [5.74, 6) is 0.202. The highest BCUT2D eigenvalue weighted by molar-refractivity contribution is 4.74. The molecule has 15 heavy (non-hydrogen) atoms. The van der Waals surface area contributed by atoms with Crippen molar-refractivity contribution in [1.82, 2.24) is 4.90 Å². The minimum atomic E-state index is -4.53. The smallest absolute Gasteiger partial charge is 0.382 e. The third-order valence-electron chi connectivity index (χ3n) is 2.33. The molecule has 1 saturated heterocycles. The number of hydrogen-bond donors (Lipinski definition) is 1. The van der Waals surface area contributed by atoms with Crippen molar-refractivity contribution < 1.29 is 23.0 Å². The monoisotopic (exact) mass is 227 g/mol. The molecule has 1 N–H and O–H groups in total. The van der Waals surface area contributed by atoms with Crippen molar-refractivity contribution in [1.29, 1.82) is 0 Å². The SMILES string of the molecule is C[C@@H]1COCCN(C[C@H](O)C(F)(F)F)C1. The van der Waals surface area contributed by atoms with E-state index in [1.165, 1.54) is 0 Å². The summed E-state index contributed by atoms with van der Waals surface area (Å²) >= 11 is 0. The van der Waals surface area contributed by atoms with E-state index in [0.717, 1.165) is 0 Å². The fourth-order valence-electron chi connectivity index (χ4n) is 1.58. The molecule has 0 amide bonds. The van der Waals surface area contributed by atoms with Crippen LogP contribution in [0.3, 0.4) is 0 Å². The second-order valence-electron chi connectivity index (χ2n) is 4.00. The Morgan fingerprint density at radius 1 is 1.53 bits per heavy atom. The first-order valence-corrected chi connectivity index (χ1v) is 4.94. The molecule has 0 aromatic heterocycles. The Kier molecular flexibility index (Phi) is 4.36. The molecule has 1 aliphatic rings. The first kappa shape index (κ1) is 12.7. The van der Waals surface area contributed by atoms with Gasteiger partial charge in [-0.25, -0.2) is 0 Å². The van der Waals surface area contributed by atoms with Gasteiger partial charge in [-0.15, -0.1) is 0 Å². The molecule has 0 aliphatic carbocycles. The third-order valence-corrected chi connectivity index (χ3v) is 2.33. The van der Waals surface area contributed by atoms with E-state index in [9.17, 15) is 13.2 Å². The zero-order valence-electron chi connectivity index (χ0n) is 8.63. The minimum Gasteiger partial charge on any atom is -0.382 e. The lowest BCUT2D eigenvalue weighted by atomic mass is 10.2. The van der Waals surface area contributed by atoms with Crippen molar-refractivity contribution in [3.05, 3.63) is 0 Å². The van der Waals surface area contributed by atoms with Gasteiger partial charge >= 0.3 is 6.18 Å². The second-order valence-corrected chi connectivity index (χ2v) is 4.00. The lowest BCUT2D eigenvalue weighted by Gasteiger charge is -2.25. The van der Waals surface area contributed by atoms with E-state index in [0.29, 0.717) is 26.3 Å². The molecule has 3 nitrogen and oxygen atoms in total. The standard InChI is InChI=1S/C9H16F3NO2/c1-7-4-13(2-3-15-6-7)5-8(14)9(10,11)12/h7-8,14H,2-6H2,1H3/t7-,8-/m0/s1. The maximum absolute atomic E-state index is 12.1. The lowest BCUT2D eigenvalue weighted by molar-refractivity contribution is -0.208. The first-order chi connectivity index (χ1) is 6.89. The Bertz CT molecular complexity index is 198. The Morgan fingerprint density at radius 3 is 2.80 bits per heavy atom. The molecule has 2 atom stereocenters. The van der Waals surface area contributed by atoms with Gasteiger partial charge in [-0.3, -0.25) is 4.90 Å². The molecule has 1 fully saturated rings. The number of alkyl halides is 3. The normalized spacial score (nSPS) is 27.4. The van der Waals surface area contributed by atoms with Gasteiger partial charge in [-0.1, -0.05) is 6.92 Å². The number of halogens is 3. The fraction of sp³-hybridized carbons (Fsp3) is 1.00. The van der Waals surface area contributed by atoms with Crippen LogP contribution in [0.4, 0.5) is 13.2 Å². The summed E-state index contributed by atoms with van der Waals surface area (Å²) in [6.07, 6.45) is -6.79. The molecule has 1 rings (SSSR count). The van der Waals surface area contributed by atoms with Crippen molar-refractivity contribution in [2.45, 2.75) is 19.2 Å². The van der Waals surface area contributed by atoms with Gasteiger partial charge < -0.3 is 9.84 Å². The van der Waals surface area contributed by atoms with Crippen LogP contribution in [-0.4, -0.2) is 55.1 Å². The predicted octanol–water partition coefficient (Wildman–Crippen LogP) is 0.878. The van der Waals surface area contributed by atoms with Crippen LogP contribution in [0.15, 0.2) is 0 Å². The topological polar surface area (TPSA) is 32.7 Å². The number of aliphatic hydroxyl groups is 1. The summed E-state index contributed by atoms with van der Waals surface area (Å²) in [5.41, 5.74) is 0. The van der Waals surface area contributed by atoms with E-state index < -0.39 is 12.3 Å². The summed E-state index contributed by atoms with van der Waals surface area (Å²) in [4.78, 5) is 1.59. The molecule has 1 aliphatic heterocycles. The average molecular weight is 227 g/mol. The third kappa shape index (κ3) is 4.36. The number of rotatable bonds is 2. The van der Waals surface area contributed by atoms with Crippen LogP contribution in [0.5, 0.6) is 0 Å². The molecule has 90 valence electrons. The van der Waals surface area contributed by atoms with Crippen molar-refractivity contribution in [3.63, 3.8) is 0 Å². The van der Waals surface area contributed by atoms with Gasteiger partial charge in [0.1, 0.15) is 0 Å². The van der Waals surface area contributed by atoms with Gasteiger partial charge in [0, 0.05) is 19.6 Å². The highest BCUT2D eigenvalue weighted by Gasteiger charge is 2.39. The zero-order chi connectivity index (χ0) is 11.5. The largest absolute Gasteiger partial charge is 0.415 e. The predicted molar refractivity (Wildman–Crippen MR) is 48.5 cm³/mol. The quantitative estimate of drug-likeness (QED) is 0.760. The van der Waals surface area contributed by atoms with Crippen LogP contribution in [0.25, 0.3) is 0 Å². The Hall–Kier alpha value is -0.330. The van der Waals surface area contributed by atoms with Gasteiger partial charge in [-0.2, -0.15) is 13.2 Å². The summed E-state index contributed by atoms with van der Waals surface area (Å²) in [6.45, 7) is 3.52. The average Bonchev–Trinajstić information content (AvgIpc) is 2.28. The minimum absolute atomic E-state index is 0.202. The molecule has 0 saturated carbocycles. The molecule has 1 heterocycles. The van der Waals surface area contributed by atoms with Crippen molar-refractivity contribution in [3.8, 4) is 0 Å². The molecular formula is C9H16F3NO2. The van der Waals surface area contributed by atoms with Crippen molar-refractivity contribution in [2.24, 2.45) is 5.92 Å². The van der Waals surface area contributed by atoms with E-state index >= 15 is 0 Å². The summed E-state index contributed by atoms with van der Waals surface area (Å²) in [6, 6.07) is 0. The molecule has 6 heteroatoms. The van der Waals surface area contributed by atoms with E-state index in [1.54, 1.807) is 4.90 Å². The Balaban J connectivity index is 2.42. The summed E-state index contributed by atoms with van der Waals surface area (Å²) in [5, 5.41) is 8.91. The maximum atomic E-state index is 12.1. The van der Waals surface area contributed by atoms with Crippen LogP contribution < -0.4 is 0 Å². The molecule has 0 aromatic rings. The van der Waals surface area contributed by atoms with Crippen LogP contribution in [0.2, 0.25) is 0 Å². The second kappa shape index (κ2) is 5.14. The van der Waals surface area contributed by atoms with E-state index in [4.69, 9.17) is 9.84 Å². The van der Waals surface area contributed by atoms with Crippen LogP contribution in [0.1, 0.15) is 6.92 Å². The molecule has 0 spiro atoms. The highest BCUT2D eigenvalue weighted by Crippen LogP contribution is 2.21. The van der Waals surface area contributed by atoms with Crippen LogP contribution in [0, 0.1) is 5.92 Å². The first-order valence-electron chi connectivity index (χ1n) is 4.94. The number of ether oxygens (including phenoxy) is 1. The van der Waals surface area contributed by atoms with Gasteiger partial charge in [0.05, 0.1) is 13.2 Å². The van der Waals surface area contributed by atoms with Crippen molar-refractivity contribution >= 4 is 0 Å². The highest BCUT2D eigenvalue weighted by atomic mass is 19.4. The summed E-state index contributed by atoms with van der Waals surface area (Å²) < 4.78 is 41.5. The number of β-amino-alcohol motifs (C(OH)–C–C–N with tert-alkyl or cyclic N) is 1. The van der Waals surface area contributed by atoms with Gasteiger partial charge in [0.2, 0.25) is 0 Å². The van der Waals surface area contributed by atoms with Gasteiger partial charge in [0.25, 0.3) is 0 Å². The van der Waals surface area contributed by atoms with E-state index in [-0.39, 0.29) is 12.5 Å². The van der Waals surface area contributed by atoms with Crippen molar-refractivity contribution in [2.75, 3.05) is 32.8 Å². The number of nitrogens with zero attached hydrogens (tertiary/aromatic N) is 1. The van der Waals surface area contributed by atoms with Crippen LogP contribution >= 0.6 is 0 Å². The van der Waals surface area contributed by atoms with Gasteiger partial charge in [0.15, 0.2) is 6.10 Å². The van der Waals surface area contributed by atoms with Crippen LogP contribution in [-0.2, 0) is 4.74 Å². The molecule has 0 bridgehead atoms. The maximum Gasteiger partial charge on any atom is 0.415 e. The summed E-state index contributed by atoms with van der Waals surface area (Å²) in [7, 11) is 0. The van der Waals surface area contributed by atoms with E-state index in [2.05, 4.69) is 0 Å². The molecule has 0 aromatic carbocycles. The fourth-order valence-corrected chi connectivity index (χ4v) is 1.58. The lowest BCUT2D eigenvalue weighted by Crippen LogP contribution is -2.42. The molecule has 0 unspecified atom stereocenters. The zero-order valence-corrected chi connectivity index (χ0v) is 8.63. The number of hydrogen-bond acceptors (Lipinski definition) is 3. The van der Waals surface area contributed by atoms with E-state index in [1.807, 2.05) is 6.92 Å². The molecule has 0 radical (unpaired) electrons. The Morgan fingerprint density at radius 2 is 2.20 bits per heavy atom. The van der Waals surface area contributed by atoms with Gasteiger partial charge in [-0.05, 0) is 5.92 Å². The Labute approximate surface area is 86.8 Å². The molecular weight excluding hydrogens is 211 g/mol. The number of aliphatic hydroxyl groups excluding tert-OH is 1.